The Morgan fingerprint density at radius 2 is 2.44 bits per heavy atom. The molecule has 0 radical (unpaired) electrons. The molecule has 0 aliphatic carbocycles. The summed E-state index contributed by atoms with van der Waals surface area (Å²) < 4.78 is 9.81. The van der Waals surface area contributed by atoms with E-state index in [2.05, 4.69) is 9.97 Å². The third-order valence-electron chi connectivity index (χ3n) is 2.03. The van der Waals surface area contributed by atoms with E-state index < -0.39 is 12.0 Å². The Labute approximate surface area is 94.1 Å². The van der Waals surface area contributed by atoms with Crippen LogP contribution >= 0.6 is 0 Å². The second-order valence-electron chi connectivity index (χ2n) is 3.40. The number of nitrogens with one attached hydrogen (secondary N) is 1. The molecule has 0 bridgehead atoms. The Kier molecular flexibility index (Phi) is 5.52. The molecule has 1 aromatic heterocycles. The molecule has 0 aliphatic heterocycles. The van der Waals surface area contributed by atoms with Crippen molar-refractivity contribution in [2.45, 2.75) is 18.9 Å². The van der Waals surface area contributed by atoms with Crippen molar-refractivity contribution in [3.63, 3.8) is 0 Å². The number of ether oxygens (including phenoxy) is 2. The highest BCUT2D eigenvalue weighted by Crippen LogP contribution is 1.98. The number of imidazole rings is 1. The van der Waals surface area contributed by atoms with E-state index in [9.17, 15) is 4.79 Å². The van der Waals surface area contributed by atoms with Crippen LogP contribution in [-0.2, 0) is 20.7 Å². The molecular weight excluding hydrogens is 210 g/mol. The normalized spacial score (nSPS) is 12.4. The number of nitrogens with zero attached hydrogens (tertiary/aromatic N) is 1. The second kappa shape index (κ2) is 6.97. The van der Waals surface area contributed by atoms with Crippen LogP contribution in [0.4, 0.5) is 0 Å². The van der Waals surface area contributed by atoms with E-state index in [4.69, 9.17) is 15.2 Å². The number of esters is 1. The lowest BCUT2D eigenvalue weighted by Gasteiger charge is -2.10. The SMILES string of the molecule is COCCCOC(=O)[C@H](N)Cc1cnc[nH]1. The van der Waals surface area contributed by atoms with Gasteiger partial charge in [0.2, 0.25) is 0 Å². The molecule has 1 heterocycles. The molecule has 90 valence electrons. The summed E-state index contributed by atoms with van der Waals surface area (Å²) in [5.41, 5.74) is 6.49. The van der Waals surface area contributed by atoms with Gasteiger partial charge < -0.3 is 20.2 Å². The molecule has 1 aromatic rings. The number of aromatic amines is 1. The van der Waals surface area contributed by atoms with E-state index in [1.54, 1.807) is 19.6 Å². The fraction of sp³-hybridized carbons (Fsp3) is 0.600. The van der Waals surface area contributed by atoms with Gasteiger partial charge in [-0.1, -0.05) is 0 Å². The van der Waals surface area contributed by atoms with Crippen molar-refractivity contribution in [3.8, 4) is 0 Å². The number of hydrogen-bond acceptors (Lipinski definition) is 5. The minimum absolute atomic E-state index is 0.337. The Balaban J connectivity index is 2.20. The van der Waals surface area contributed by atoms with Gasteiger partial charge in [0.15, 0.2) is 0 Å². The van der Waals surface area contributed by atoms with E-state index >= 15 is 0 Å². The number of methoxy groups -OCH3 is 1. The van der Waals surface area contributed by atoms with Crippen LogP contribution in [0.3, 0.4) is 0 Å². The zero-order valence-electron chi connectivity index (χ0n) is 9.31. The van der Waals surface area contributed by atoms with Crippen LogP contribution in [0.1, 0.15) is 12.1 Å². The van der Waals surface area contributed by atoms with E-state index in [1.807, 2.05) is 0 Å². The largest absolute Gasteiger partial charge is 0.464 e. The molecule has 16 heavy (non-hydrogen) atoms. The van der Waals surface area contributed by atoms with E-state index in [1.165, 1.54) is 0 Å². The van der Waals surface area contributed by atoms with Gasteiger partial charge in [0.1, 0.15) is 6.04 Å². The highest BCUT2D eigenvalue weighted by molar-refractivity contribution is 5.75. The van der Waals surface area contributed by atoms with Crippen LogP contribution in [0.2, 0.25) is 0 Å². The van der Waals surface area contributed by atoms with Gasteiger partial charge >= 0.3 is 5.97 Å². The molecule has 0 unspecified atom stereocenters. The highest BCUT2D eigenvalue weighted by atomic mass is 16.5. The van der Waals surface area contributed by atoms with Gasteiger partial charge in [-0.2, -0.15) is 0 Å². The molecule has 6 heteroatoms. The molecule has 1 atom stereocenters. The molecule has 0 saturated heterocycles. The predicted octanol–water partition coefficient (Wildman–Crippen LogP) is -0.141. The first-order valence-electron chi connectivity index (χ1n) is 5.12. The molecule has 0 aromatic carbocycles. The highest BCUT2D eigenvalue weighted by Gasteiger charge is 2.15. The first kappa shape index (κ1) is 12.7. The van der Waals surface area contributed by atoms with Gasteiger partial charge in [0.25, 0.3) is 0 Å². The van der Waals surface area contributed by atoms with Crippen molar-refractivity contribution in [2.24, 2.45) is 5.73 Å². The van der Waals surface area contributed by atoms with Crippen molar-refractivity contribution in [1.82, 2.24) is 9.97 Å². The fourth-order valence-corrected chi connectivity index (χ4v) is 1.20. The Morgan fingerprint density at radius 3 is 3.06 bits per heavy atom. The number of rotatable bonds is 7. The zero-order valence-corrected chi connectivity index (χ0v) is 9.31. The van der Waals surface area contributed by atoms with Crippen molar-refractivity contribution in [1.29, 1.82) is 0 Å². The lowest BCUT2D eigenvalue weighted by molar-refractivity contribution is -0.145. The monoisotopic (exact) mass is 227 g/mol. The van der Waals surface area contributed by atoms with Crippen LogP contribution in [0.5, 0.6) is 0 Å². The average Bonchev–Trinajstić information content (AvgIpc) is 2.76. The van der Waals surface area contributed by atoms with E-state index in [-0.39, 0.29) is 0 Å². The van der Waals surface area contributed by atoms with Gasteiger partial charge in [0, 0.05) is 38.4 Å². The number of hydrogen-bond donors (Lipinski definition) is 2. The maximum Gasteiger partial charge on any atom is 0.323 e. The Morgan fingerprint density at radius 1 is 1.62 bits per heavy atom. The zero-order chi connectivity index (χ0) is 11.8. The molecule has 0 aliphatic rings. The first-order chi connectivity index (χ1) is 7.74. The van der Waals surface area contributed by atoms with E-state index in [0.717, 1.165) is 5.69 Å². The van der Waals surface area contributed by atoms with Gasteiger partial charge in [-0.15, -0.1) is 0 Å². The molecule has 0 amide bonds. The second-order valence-corrected chi connectivity index (χ2v) is 3.40. The summed E-state index contributed by atoms with van der Waals surface area (Å²) in [6, 6.07) is -0.650. The van der Waals surface area contributed by atoms with Crippen molar-refractivity contribution in [3.05, 3.63) is 18.2 Å². The van der Waals surface area contributed by atoms with Gasteiger partial charge in [-0.3, -0.25) is 4.79 Å². The van der Waals surface area contributed by atoms with Crippen molar-refractivity contribution < 1.29 is 14.3 Å². The minimum Gasteiger partial charge on any atom is -0.464 e. The number of carbonyl (C=O) groups is 1. The summed E-state index contributed by atoms with van der Waals surface area (Å²) in [5.74, 6) is -0.397. The summed E-state index contributed by atoms with van der Waals surface area (Å²) in [7, 11) is 1.60. The van der Waals surface area contributed by atoms with Crippen LogP contribution < -0.4 is 5.73 Å². The summed E-state index contributed by atoms with van der Waals surface area (Å²) in [4.78, 5) is 18.1. The number of H-pyrrole nitrogens is 1. The van der Waals surface area contributed by atoms with Gasteiger partial charge in [-0.05, 0) is 0 Å². The summed E-state index contributed by atoms with van der Waals surface area (Å²) in [6.07, 6.45) is 4.27. The summed E-state index contributed by atoms with van der Waals surface area (Å²) in [5, 5.41) is 0. The van der Waals surface area contributed by atoms with Crippen LogP contribution in [0.15, 0.2) is 12.5 Å². The molecule has 0 spiro atoms. The third-order valence-corrected chi connectivity index (χ3v) is 2.03. The minimum atomic E-state index is -0.650. The van der Waals surface area contributed by atoms with Crippen LogP contribution in [0.25, 0.3) is 0 Å². The summed E-state index contributed by atoms with van der Waals surface area (Å²) in [6.45, 7) is 0.909. The maximum atomic E-state index is 11.4. The van der Waals surface area contributed by atoms with Crippen molar-refractivity contribution >= 4 is 5.97 Å². The molecule has 1 rings (SSSR count). The van der Waals surface area contributed by atoms with Crippen molar-refractivity contribution in [2.75, 3.05) is 20.3 Å². The smallest absolute Gasteiger partial charge is 0.323 e. The average molecular weight is 227 g/mol. The molecule has 0 saturated carbocycles. The van der Waals surface area contributed by atoms with Gasteiger partial charge in [-0.25, -0.2) is 4.98 Å². The Hall–Kier alpha value is -1.40. The third kappa shape index (κ3) is 4.41. The fourth-order valence-electron chi connectivity index (χ4n) is 1.20. The lowest BCUT2D eigenvalue weighted by Crippen LogP contribution is -2.34. The molecule has 3 N–H and O–H groups in total. The quantitative estimate of drug-likeness (QED) is 0.500. The number of carbonyl (C=O) groups excluding carboxylic acids is 1. The molecular formula is C10H17N3O3. The lowest BCUT2D eigenvalue weighted by atomic mass is 10.2. The summed E-state index contributed by atoms with van der Waals surface area (Å²) >= 11 is 0. The van der Waals surface area contributed by atoms with E-state index in [0.29, 0.717) is 26.1 Å². The predicted molar refractivity (Wildman–Crippen MR) is 57.7 cm³/mol. The molecule has 0 fully saturated rings. The molecule has 6 nitrogen and oxygen atoms in total. The standard InChI is InChI=1S/C10H17N3O3/c1-15-3-2-4-16-10(14)9(11)5-8-6-12-7-13-8/h6-7,9H,2-5,11H2,1H3,(H,12,13)/t9-/m1/s1. The first-order valence-corrected chi connectivity index (χ1v) is 5.12. The Bertz CT molecular complexity index is 300. The van der Waals surface area contributed by atoms with Crippen LogP contribution in [0, 0.1) is 0 Å². The topological polar surface area (TPSA) is 90.2 Å². The van der Waals surface area contributed by atoms with Crippen LogP contribution in [-0.4, -0.2) is 42.3 Å². The van der Waals surface area contributed by atoms with Gasteiger partial charge in [0.05, 0.1) is 12.9 Å². The maximum absolute atomic E-state index is 11.4. The number of nitrogens with two attached hydrogens (primary N) is 1. The number of aromatic nitrogens is 2.